The Kier molecular flexibility index (Phi) is 3.90. The zero-order valence-electron chi connectivity index (χ0n) is 11.7. The van der Waals surface area contributed by atoms with E-state index in [1.165, 1.54) is 0 Å². The van der Waals surface area contributed by atoms with Crippen molar-refractivity contribution in [3.8, 4) is 17.0 Å². The maximum Gasteiger partial charge on any atom is 0.128 e. The van der Waals surface area contributed by atoms with E-state index in [1.807, 2.05) is 44.3 Å². The van der Waals surface area contributed by atoms with E-state index in [2.05, 4.69) is 9.97 Å². The number of para-hydroxylation sites is 1. The molecule has 0 unspecified atom stereocenters. The molecule has 0 saturated carbocycles. The maximum atomic E-state index is 5.99. The van der Waals surface area contributed by atoms with Crippen molar-refractivity contribution < 1.29 is 4.74 Å². The Morgan fingerprint density at radius 1 is 1.32 bits per heavy atom. The van der Waals surface area contributed by atoms with Gasteiger partial charge in [-0.3, -0.25) is 0 Å². The van der Waals surface area contributed by atoms with Crippen molar-refractivity contribution in [1.82, 2.24) is 9.97 Å². The van der Waals surface area contributed by atoms with Crippen LogP contribution in [0.2, 0.25) is 0 Å². The van der Waals surface area contributed by atoms with Crippen LogP contribution in [0.25, 0.3) is 11.3 Å². The van der Waals surface area contributed by atoms with E-state index in [0.29, 0.717) is 0 Å². The van der Waals surface area contributed by atoms with Crippen LogP contribution in [-0.4, -0.2) is 22.6 Å². The van der Waals surface area contributed by atoms with Gasteiger partial charge in [0.2, 0.25) is 0 Å². The molecule has 1 aromatic heterocycles. The molecule has 19 heavy (non-hydrogen) atoms. The van der Waals surface area contributed by atoms with Gasteiger partial charge < -0.3 is 15.5 Å². The van der Waals surface area contributed by atoms with Gasteiger partial charge in [-0.05, 0) is 32.4 Å². The Bertz CT molecular complexity index is 540. The van der Waals surface area contributed by atoms with Crippen LogP contribution in [0.1, 0.15) is 26.1 Å². The summed E-state index contributed by atoms with van der Waals surface area (Å²) in [4.78, 5) is 7.73. The zero-order chi connectivity index (χ0) is 13.9. The molecule has 0 fully saturated rings. The molecule has 4 nitrogen and oxygen atoms in total. The first-order chi connectivity index (χ1) is 8.99. The summed E-state index contributed by atoms with van der Waals surface area (Å²) in [6.07, 6.45) is 3.58. The first-order valence-corrected chi connectivity index (χ1v) is 6.46. The van der Waals surface area contributed by atoms with Crippen molar-refractivity contribution >= 4 is 0 Å². The molecule has 2 aromatic rings. The molecule has 1 heterocycles. The van der Waals surface area contributed by atoms with Crippen LogP contribution >= 0.6 is 0 Å². The highest BCUT2D eigenvalue weighted by Crippen LogP contribution is 2.28. The van der Waals surface area contributed by atoms with Gasteiger partial charge in [-0.2, -0.15) is 0 Å². The van der Waals surface area contributed by atoms with Gasteiger partial charge in [-0.1, -0.05) is 12.1 Å². The molecule has 0 bridgehead atoms. The number of aromatic nitrogens is 2. The molecule has 2 rings (SSSR count). The number of nitrogens with one attached hydrogen (secondary N) is 1. The number of hydrogen-bond acceptors (Lipinski definition) is 3. The average molecular weight is 259 g/mol. The third kappa shape index (κ3) is 3.58. The molecule has 0 aliphatic carbocycles. The quantitative estimate of drug-likeness (QED) is 0.867. The number of rotatable bonds is 5. The minimum Gasteiger partial charge on any atom is -0.496 e. The van der Waals surface area contributed by atoms with Crippen LogP contribution in [0.4, 0.5) is 0 Å². The molecule has 102 valence electrons. The topological polar surface area (TPSA) is 63.9 Å². The largest absolute Gasteiger partial charge is 0.496 e. The van der Waals surface area contributed by atoms with Crippen molar-refractivity contribution in [2.24, 2.45) is 5.73 Å². The molecule has 0 radical (unpaired) electrons. The maximum absolute atomic E-state index is 5.99. The Balaban J connectivity index is 2.17. The van der Waals surface area contributed by atoms with Gasteiger partial charge in [0, 0.05) is 17.5 Å². The summed E-state index contributed by atoms with van der Waals surface area (Å²) in [6.45, 7) is 4.05. The highest BCUT2D eigenvalue weighted by atomic mass is 16.5. The minimum absolute atomic E-state index is 0.169. The summed E-state index contributed by atoms with van der Waals surface area (Å²) in [5.41, 5.74) is 7.81. The van der Waals surface area contributed by atoms with Crippen LogP contribution in [-0.2, 0) is 6.42 Å². The Labute approximate surface area is 114 Å². The number of hydrogen-bond donors (Lipinski definition) is 2. The normalized spacial score (nSPS) is 11.6. The molecule has 4 heteroatoms. The molecule has 0 amide bonds. The molecule has 3 N–H and O–H groups in total. The number of H-pyrrole nitrogens is 1. The summed E-state index contributed by atoms with van der Waals surface area (Å²) in [5.74, 6) is 1.80. The fourth-order valence-electron chi connectivity index (χ4n) is 1.93. The number of nitrogens with zero attached hydrogens (tertiary/aromatic N) is 1. The van der Waals surface area contributed by atoms with Crippen molar-refractivity contribution in [3.63, 3.8) is 0 Å². The van der Waals surface area contributed by atoms with E-state index in [-0.39, 0.29) is 5.54 Å². The second-order valence-electron chi connectivity index (χ2n) is 5.43. The molecule has 0 spiro atoms. The van der Waals surface area contributed by atoms with Crippen LogP contribution in [0.3, 0.4) is 0 Å². The molecular weight excluding hydrogens is 238 g/mol. The first-order valence-electron chi connectivity index (χ1n) is 6.46. The lowest BCUT2D eigenvalue weighted by Gasteiger charge is -2.16. The smallest absolute Gasteiger partial charge is 0.128 e. The summed E-state index contributed by atoms with van der Waals surface area (Å²) in [7, 11) is 1.67. The van der Waals surface area contributed by atoms with E-state index in [1.54, 1.807) is 7.11 Å². The fourth-order valence-corrected chi connectivity index (χ4v) is 1.93. The number of imidazole rings is 1. The van der Waals surface area contributed by atoms with Crippen molar-refractivity contribution in [3.05, 3.63) is 36.3 Å². The summed E-state index contributed by atoms with van der Waals surface area (Å²) >= 11 is 0. The number of methoxy groups -OCH3 is 1. The average Bonchev–Trinajstić information content (AvgIpc) is 2.84. The number of aromatic amines is 1. The van der Waals surface area contributed by atoms with Crippen LogP contribution < -0.4 is 10.5 Å². The van der Waals surface area contributed by atoms with Gasteiger partial charge in [0.05, 0.1) is 19.0 Å². The lowest BCUT2D eigenvalue weighted by Crippen LogP contribution is -2.32. The summed E-state index contributed by atoms with van der Waals surface area (Å²) < 4.78 is 5.36. The predicted octanol–water partition coefficient (Wildman–Crippen LogP) is 2.76. The second kappa shape index (κ2) is 5.45. The standard InChI is InChI=1S/C15H21N3O/c1-15(2,16)9-8-14-17-10-12(18-14)11-6-4-5-7-13(11)19-3/h4-7,10H,8-9,16H2,1-3H3,(H,17,18). The van der Waals surface area contributed by atoms with Gasteiger partial charge in [0.1, 0.15) is 11.6 Å². The molecule has 1 aromatic carbocycles. The first kappa shape index (κ1) is 13.6. The zero-order valence-corrected chi connectivity index (χ0v) is 11.7. The number of nitrogens with two attached hydrogens (primary N) is 1. The summed E-state index contributed by atoms with van der Waals surface area (Å²) in [6, 6.07) is 7.90. The fraction of sp³-hybridized carbons (Fsp3) is 0.400. The van der Waals surface area contributed by atoms with Crippen molar-refractivity contribution in [2.75, 3.05) is 7.11 Å². The van der Waals surface area contributed by atoms with E-state index in [4.69, 9.17) is 10.5 Å². The molecule has 0 aliphatic rings. The van der Waals surface area contributed by atoms with Crippen molar-refractivity contribution in [1.29, 1.82) is 0 Å². The van der Waals surface area contributed by atoms with E-state index in [9.17, 15) is 0 Å². The Morgan fingerprint density at radius 3 is 2.74 bits per heavy atom. The van der Waals surface area contributed by atoms with Crippen LogP contribution in [0.15, 0.2) is 30.5 Å². The van der Waals surface area contributed by atoms with Crippen LogP contribution in [0.5, 0.6) is 5.75 Å². The minimum atomic E-state index is -0.169. The number of ether oxygens (including phenoxy) is 1. The third-order valence-electron chi connectivity index (χ3n) is 3.03. The lowest BCUT2D eigenvalue weighted by atomic mass is 10.0. The monoisotopic (exact) mass is 259 g/mol. The number of benzene rings is 1. The molecule has 0 saturated heterocycles. The Morgan fingerprint density at radius 2 is 2.05 bits per heavy atom. The molecule has 0 aliphatic heterocycles. The van der Waals surface area contributed by atoms with E-state index in [0.717, 1.165) is 35.7 Å². The highest BCUT2D eigenvalue weighted by Gasteiger charge is 2.13. The lowest BCUT2D eigenvalue weighted by molar-refractivity contribution is 0.416. The van der Waals surface area contributed by atoms with Gasteiger partial charge in [0.25, 0.3) is 0 Å². The second-order valence-corrected chi connectivity index (χ2v) is 5.43. The van der Waals surface area contributed by atoms with Gasteiger partial charge in [-0.25, -0.2) is 4.98 Å². The van der Waals surface area contributed by atoms with E-state index < -0.39 is 0 Å². The number of aryl methyl sites for hydroxylation is 1. The van der Waals surface area contributed by atoms with E-state index >= 15 is 0 Å². The third-order valence-corrected chi connectivity index (χ3v) is 3.03. The molecule has 0 atom stereocenters. The van der Waals surface area contributed by atoms with Gasteiger partial charge in [-0.15, -0.1) is 0 Å². The SMILES string of the molecule is COc1ccccc1-c1cnc(CCC(C)(C)N)[nH]1. The van der Waals surface area contributed by atoms with Gasteiger partial charge >= 0.3 is 0 Å². The molecular formula is C15H21N3O. The van der Waals surface area contributed by atoms with Gasteiger partial charge in [0.15, 0.2) is 0 Å². The Hall–Kier alpha value is -1.81. The highest BCUT2D eigenvalue weighted by molar-refractivity contribution is 5.66. The summed E-state index contributed by atoms with van der Waals surface area (Å²) in [5, 5.41) is 0. The predicted molar refractivity (Wildman–Crippen MR) is 77.2 cm³/mol. The van der Waals surface area contributed by atoms with Crippen LogP contribution in [0, 0.1) is 0 Å². The van der Waals surface area contributed by atoms with Crippen molar-refractivity contribution in [2.45, 2.75) is 32.2 Å².